The second-order valence-corrected chi connectivity index (χ2v) is 5.32. The van der Waals surface area contributed by atoms with Gasteiger partial charge in [0, 0.05) is 12.6 Å². The van der Waals surface area contributed by atoms with E-state index in [1.165, 1.54) is 0 Å². The minimum Gasteiger partial charge on any atom is -0.368 e. The summed E-state index contributed by atoms with van der Waals surface area (Å²) >= 11 is 0. The fourth-order valence-electron chi connectivity index (χ4n) is 1.95. The number of aromatic amines is 1. The molecule has 0 fully saturated rings. The molecule has 4 N–H and O–H groups in total. The molecule has 0 spiro atoms. The van der Waals surface area contributed by atoms with Crippen molar-refractivity contribution in [3.8, 4) is 0 Å². The van der Waals surface area contributed by atoms with Gasteiger partial charge in [0.1, 0.15) is 5.82 Å². The van der Waals surface area contributed by atoms with E-state index in [2.05, 4.69) is 58.3 Å². The van der Waals surface area contributed by atoms with Gasteiger partial charge < -0.3 is 16.0 Å². The van der Waals surface area contributed by atoms with Crippen molar-refractivity contribution in [1.29, 1.82) is 0 Å². The van der Waals surface area contributed by atoms with Crippen molar-refractivity contribution in [3.05, 3.63) is 6.20 Å². The number of aromatic nitrogens is 4. The van der Waals surface area contributed by atoms with Crippen molar-refractivity contribution in [2.75, 3.05) is 31.7 Å². The summed E-state index contributed by atoms with van der Waals surface area (Å²) in [5, 5.41) is 11.1. The van der Waals surface area contributed by atoms with Crippen molar-refractivity contribution < 1.29 is 0 Å². The summed E-state index contributed by atoms with van der Waals surface area (Å²) in [6, 6.07) is 0.280. The SMILES string of the molecule is CC(C)C(CN(C)C)Nc1nc(N)nc2[nH]ncc12. The molecule has 0 aromatic carbocycles. The average molecular weight is 263 g/mol. The number of nitrogens with one attached hydrogen (secondary N) is 2. The summed E-state index contributed by atoms with van der Waals surface area (Å²) in [5.41, 5.74) is 6.37. The Bertz CT molecular complexity index is 546. The van der Waals surface area contributed by atoms with E-state index in [9.17, 15) is 0 Å². The van der Waals surface area contributed by atoms with E-state index < -0.39 is 0 Å². The third-order valence-corrected chi connectivity index (χ3v) is 3.02. The Kier molecular flexibility index (Phi) is 3.84. The molecular weight excluding hydrogens is 242 g/mol. The predicted octanol–water partition coefficient (Wildman–Crippen LogP) is 0.933. The quantitative estimate of drug-likeness (QED) is 0.743. The monoisotopic (exact) mass is 263 g/mol. The molecule has 0 aliphatic rings. The zero-order chi connectivity index (χ0) is 14.0. The Hall–Kier alpha value is -1.89. The molecule has 0 amide bonds. The summed E-state index contributed by atoms with van der Waals surface area (Å²) in [6.07, 6.45) is 1.71. The van der Waals surface area contributed by atoms with E-state index in [1.807, 2.05) is 0 Å². The van der Waals surface area contributed by atoms with Crippen molar-refractivity contribution in [2.45, 2.75) is 19.9 Å². The molecule has 7 nitrogen and oxygen atoms in total. The first-order chi connectivity index (χ1) is 8.97. The van der Waals surface area contributed by atoms with Gasteiger partial charge in [0.05, 0.1) is 11.6 Å². The molecule has 104 valence electrons. The first kappa shape index (κ1) is 13.5. The third kappa shape index (κ3) is 3.11. The number of hydrogen-bond acceptors (Lipinski definition) is 6. The molecule has 0 radical (unpaired) electrons. The minimum absolute atomic E-state index is 0.242. The zero-order valence-corrected chi connectivity index (χ0v) is 11.8. The van der Waals surface area contributed by atoms with E-state index in [1.54, 1.807) is 6.20 Å². The van der Waals surface area contributed by atoms with E-state index in [-0.39, 0.29) is 12.0 Å². The predicted molar refractivity (Wildman–Crippen MR) is 76.9 cm³/mol. The molecular formula is C12H21N7. The van der Waals surface area contributed by atoms with Crippen LogP contribution in [0.25, 0.3) is 11.0 Å². The lowest BCUT2D eigenvalue weighted by atomic mass is 10.0. The van der Waals surface area contributed by atoms with Crippen molar-refractivity contribution in [1.82, 2.24) is 25.1 Å². The topological polar surface area (TPSA) is 95.7 Å². The molecule has 0 saturated heterocycles. The number of likely N-dealkylation sites (N-methyl/N-ethyl adjacent to an activating group) is 1. The van der Waals surface area contributed by atoms with Gasteiger partial charge in [0.2, 0.25) is 5.95 Å². The molecule has 1 atom stereocenters. The van der Waals surface area contributed by atoms with Gasteiger partial charge in [0.15, 0.2) is 5.65 Å². The molecule has 0 aliphatic heterocycles. The summed E-state index contributed by atoms with van der Waals surface area (Å²) in [7, 11) is 4.11. The Morgan fingerprint density at radius 1 is 1.37 bits per heavy atom. The first-order valence-corrected chi connectivity index (χ1v) is 6.35. The van der Waals surface area contributed by atoms with Crippen LogP contribution in [0.1, 0.15) is 13.8 Å². The lowest BCUT2D eigenvalue weighted by Crippen LogP contribution is -2.36. The lowest BCUT2D eigenvalue weighted by molar-refractivity contribution is 0.344. The second kappa shape index (κ2) is 5.40. The summed E-state index contributed by atoms with van der Waals surface area (Å²) in [6.45, 7) is 5.28. The highest BCUT2D eigenvalue weighted by molar-refractivity contribution is 5.86. The zero-order valence-electron chi connectivity index (χ0n) is 11.8. The number of H-pyrrole nitrogens is 1. The molecule has 2 rings (SSSR count). The van der Waals surface area contributed by atoms with E-state index in [0.717, 1.165) is 17.7 Å². The summed E-state index contributed by atoms with van der Waals surface area (Å²) in [5.74, 6) is 1.45. The number of anilines is 2. The largest absolute Gasteiger partial charge is 0.368 e. The molecule has 0 bridgehead atoms. The van der Waals surface area contributed by atoms with E-state index in [4.69, 9.17) is 5.73 Å². The number of nitrogen functional groups attached to an aromatic ring is 1. The second-order valence-electron chi connectivity index (χ2n) is 5.32. The van der Waals surface area contributed by atoms with Crippen LogP contribution in [0, 0.1) is 5.92 Å². The van der Waals surface area contributed by atoms with Gasteiger partial charge in [-0.2, -0.15) is 15.1 Å². The van der Waals surface area contributed by atoms with Gasteiger partial charge in [-0.25, -0.2) is 0 Å². The molecule has 0 aliphatic carbocycles. The van der Waals surface area contributed by atoms with Crippen molar-refractivity contribution in [2.24, 2.45) is 5.92 Å². The van der Waals surface area contributed by atoms with Gasteiger partial charge in [-0.15, -0.1) is 0 Å². The van der Waals surface area contributed by atoms with Crippen LogP contribution < -0.4 is 11.1 Å². The standard InChI is InChI=1S/C12H21N7/c1-7(2)9(6-19(3)4)15-10-8-5-14-18-11(8)17-12(13)16-10/h5,7,9H,6H2,1-4H3,(H4,13,14,15,16,17,18). The minimum atomic E-state index is 0.242. The fourth-order valence-corrected chi connectivity index (χ4v) is 1.95. The maximum absolute atomic E-state index is 5.72. The van der Waals surface area contributed by atoms with Crippen LogP contribution in [0.4, 0.5) is 11.8 Å². The highest BCUT2D eigenvalue weighted by Gasteiger charge is 2.17. The fraction of sp³-hybridized carbons (Fsp3) is 0.583. The molecule has 2 heterocycles. The number of nitrogens with two attached hydrogens (primary N) is 1. The maximum atomic E-state index is 5.72. The van der Waals surface area contributed by atoms with Crippen LogP contribution in [-0.2, 0) is 0 Å². The lowest BCUT2D eigenvalue weighted by Gasteiger charge is -2.26. The van der Waals surface area contributed by atoms with Gasteiger partial charge in [-0.1, -0.05) is 13.8 Å². The maximum Gasteiger partial charge on any atom is 0.224 e. The smallest absolute Gasteiger partial charge is 0.224 e. The number of rotatable bonds is 5. The average Bonchev–Trinajstić information content (AvgIpc) is 2.75. The summed E-state index contributed by atoms with van der Waals surface area (Å²) in [4.78, 5) is 10.5. The van der Waals surface area contributed by atoms with E-state index >= 15 is 0 Å². The number of hydrogen-bond donors (Lipinski definition) is 3. The van der Waals surface area contributed by atoms with Crippen LogP contribution in [0.5, 0.6) is 0 Å². The van der Waals surface area contributed by atoms with Crippen LogP contribution in [0.2, 0.25) is 0 Å². The number of fused-ring (bicyclic) bond motifs is 1. The van der Waals surface area contributed by atoms with Gasteiger partial charge in [0.25, 0.3) is 0 Å². The molecule has 0 saturated carbocycles. The first-order valence-electron chi connectivity index (χ1n) is 6.35. The van der Waals surface area contributed by atoms with Crippen LogP contribution in [0.3, 0.4) is 0 Å². The Labute approximate surface area is 112 Å². The van der Waals surface area contributed by atoms with Crippen molar-refractivity contribution >= 4 is 22.8 Å². The molecule has 2 aromatic heterocycles. The van der Waals surface area contributed by atoms with Gasteiger partial charge in [-0.05, 0) is 20.0 Å². The molecule has 19 heavy (non-hydrogen) atoms. The Morgan fingerprint density at radius 3 is 2.74 bits per heavy atom. The van der Waals surface area contributed by atoms with Crippen molar-refractivity contribution in [3.63, 3.8) is 0 Å². The molecule has 2 aromatic rings. The van der Waals surface area contributed by atoms with E-state index in [0.29, 0.717) is 11.6 Å². The number of nitrogens with zero attached hydrogens (tertiary/aromatic N) is 4. The van der Waals surface area contributed by atoms with Crippen LogP contribution >= 0.6 is 0 Å². The highest BCUT2D eigenvalue weighted by Crippen LogP contribution is 2.21. The van der Waals surface area contributed by atoms with Crippen LogP contribution in [-0.4, -0.2) is 51.7 Å². The van der Waals surface area contributed by atoms with Gasteiger partial charge in [-0.3, -0.25) is 5.10 Å². The molecule has 7 heteroatoms. The Balaban J connectivity index is 2.30. The van der Waals surface area contributed by atoms with Gasteiger partial charge >= 0.3 is 0 Å². The highest BCUT2D eigenvalue weighted by atomic mass is 15.2. The Morgan fingerprint density at radius 2 is 2.11 bits per heavy atom. The normalized spacial score (nSPS) is 13.4. The summed E-state index contributed by atoms with van der Waals surface area (Å²) < 4.78 is 0. The van der Waals surface area contributed by atoms with Crippen LogP contribution in [0.15, 0.2) is 6.20 Å². The molecule has 1 unspecified atom stereocenters. The third-order valence-electron chi connectivity index (χ3n) is 3.02.